The maximum atomic E-state index is 12.9. The average Bonchev–Trinajstić information content (AvgIpc) is 2.95. The molecule has 0 saturated carbocycles. The summed E-state index contributed by atoms with van der Waals surface area (Å²) in [6.45, 7) is 6.89. The number of rotatable bonds is 6. The Morgan fingerprint density at radius 3 is 2.31 bits per heavy atom. The van der Waals surface area contributed by atoms with E-state index in [2.05, 4.69) is 12.2 Å². The number of hydrogen-bond acceptors (Lipinski definition) is 7. The number of hydrogen-bond donors (Lipinski definition) is 0. The minimum absolute atomic E-state index is 0. The first-order valence-corrected chi connectivity index (χ1v) is 10.4. The molecule has 1 fully saturated rings. The molecule has 6 nitrogen and oxygen atoms in total. The Labute approximate surface area is 224 Å². The maximum absolute atomic E-state index is 12.9. The van der Waals surface area contributed by atoms with Gasteiger partial charge in [0.2, 0.25) is 5.91 Å². The van der Waals surface area contributed by atoms with Gasteiger partial charge in [-0.05, 0) is 24.8 Å². The van der Waals surface area contributed by atoms with Crippen LogP contribution in [0, 0.1) is 11.8 Å². The Kier molecular flexibility index (Phi) is 14.5. The average molecular weight is 464 g/mol. The zero-order valence-corrected chi connectivity index (χ0v) is 22.3. The Bertz CT molecular complexity index is 695. The second kappa shape index (κ2) is 14.7. The summed E-state index contributed by atoms with van der Waals surface area (Å²) < 4.78 is 5.12. The molecule has 0 spiro atoms. The van der Waals surface area contributed by atoms with Crippen LogP contribution < -0.4 is 56.5 Å². The molecule has 1 aliphatic rings. The number of thiocarbonyl (C=S) groups is 1. The van der Waals surface area contributed by atoms with Gasteiger partial charge in [0.25, 0.3) is 0 Å². The maximum Gasteiger partial charge on any atom is 1.00 e. The van der Waals surface area contributed by atoms with Gasteiger partial charge in [-0.2, -0.15) is 0 Å². The van der Waals surface area contributed by atoms with Crippen LogP contribution in [0.2, 0.25) is 0 Å². The molecule has 1 aliphatic heterocycles. The van der Waals surface area contributed by atoms with Crippen LogP contribution in [0.15, 0.2) is 30.3 Å². The number of benzene rings is 1. The van der Waals surface area contributed by atoms with Gasteiger partial charge in [-0.15, -0.1) is 12.2 Å². The van der Waals surface area contributed by atoms with Crippen LogP contribution in [0.1, 0.15) is 33.3 Å². The second-order valence-corrected chi connectivity index (χ2v) is 8.55. The molecule has 0 aromatic heterocycles. The van der Waals surface area contributed by atoms with Gasteiger partial charge in [0.05, 0.1) is 12.0 Å². The van der Waals surface area contributed by atoms with Crippen LogP contribution in [0.5, 0.6) is 0 Å². The van der Waals surface area contributed by atoms with Gasteiger partial charge in [0, 0.05) is 12.7 Å². The van der Waals surface area contributed by atoms with Crippen molar-refractivity contribution in [1.82, 2.24) is 4.90 Å². The fourth-order valence-corrected chi connectivity index (χ4v) is 3.64. The summed E-state index contributed by atoms with van der Waals surface area (Å²) in [5.74, 6) is -0.214. The standard InChI is InChI=1S/C18H23NO4S.C2H4OS.K/c1-12(2)16(11-24-13(3)20)17(21)19-15(10-23-18(19)22)9-14-7-5-4-6-8-14;1-2(3)4;/h4-8,12,15-16H,9-11H2,1-3H3;1H3,(H,3,4);/q;;+1/p-1/t15-,16-;;/m1../s1. The largest absolute Gasteiger partial charge is 1.00 e. The van der Waals surface area contributed by atoms with Crippen LogP contribution in [-0.4, -0.2) is 45.5 Å². The topological polar surface area (TPSA) is 86.7 Å². The molecule has 2 atom stereocenters. The number of cyclic esters (lactones) is 1. The summed E-state index contributed by atoms with van der Waals surface area (Å²) in [7, 11) is 0. The summed E-state index contributed by atoms with van der Waals surface area (Å²) in [5.41, 5.74) is 1.05. The van der Waals surface area contributed by atoms with Crippen LogP contribution in [-0.2, 0) is 20.7 Å². The van der Waals surface area contributed by atoms with E-state index in [0.29, 0.717) is 12.2 Å². The van der Waals surface area contributed by atoms with Crippen molar-refractivity contribution >= 4 is 46.1 Å². The van der Waals surface area contributed by atoms with Crippen LogP contribution in [0.4, 0.5) is 4.79 Å². The predicted octanol–water partition coefficient (Wildman–Crippen LogP) is -0.174. The van der Waals surface area contributed by atoms with E-state index >= 15 is 0 Å². The number of amides is 2. The molecule has 0 unspecified atom stereocenters. The Morgan fingerprint density at radius 2 is 1.83 bits per heavy atom. The number of ether oxygens (including phenoxy) is 1. The van der Waals surface area contributed by atoms with Crippen LogP contribution >= 0.6 is 24.0 Å². The first-order chi connectivity index (χ1) is 13.1. The molecule has 2 rings (SSSR count). The van der Waals surface area contributed by atoms with E-state index in [1.807, 2.05) is 44.2 Å². The van der Waals surface area contributed by atoms with Gasteiger partial charge in [0.15, 0.2) is 5.12 Å². The second-order valence-electron chi connectivity index (χ2n) is 6.77. The quantitative estimate of drug-likeness (QED) is 0.427. The molecule has 1 heterocycles. The summed E-state index contributed by atoms with van der Waals surface area (Å²) in [6, 6.07) is 9.43. The molecule has 1 saturated heterocycles. The first-order valence-electron chi connectivity index (χ1n) is 8.98. The van der Waals surface area contributed by atoms with Crippen molar-refractivity contribution < 1.29 is 75.6 Å². The van der Waals surface area contributed by atoms with Crippen LogP contribution in [0.25, 0.3) is 0 Å². The van der Waals surface area contributed by atoms with Crippen molar-refractivity contribution in [2.24, 2.45) is 11.8 Å². The third-order valence-corrected chi connectivity index (χ3v) is 5.03. The molecule has 154 valence electrons. The smallest absolute Gasteiger partial charge is 0.868 e. The van der Waals surface area contributed by atoms with E-state index in [9.17, 15) is 19.5 Å². The molecular weight excluding hydrogens is 437 g/mol. The van der Waals surface area contributed by atoms with Crippen molar-refractivity contribution in [3.63, 3.8) is 0 Å². The van der Waals surface area contributed by atoms with Crippen molar-refractivity contribution in [2.75, 3.05) is 12.4 Å². The Hall–Kier alpha value is -0.294. The van der Waals surface area contributed by atoms with Gasteiger partial charge < -0.3 is 9.84 Å². The van der Waals surface area contributed by atoms with Crippen molar-refractivity contribution in [2.45, 2.75) is 40.2 Å². The molecule has 1 aromatic carbocycles. The number of thioether (sulfide) groups is 1. The van der Waals surface area contributed by atoms with Gasteiger partial charge in [-0.3, -0.25) is 9.59 Å². The van der Waals surface area contributed by atoms with E-state index in [4.69, 9.17) is 4.74 Å². The normalized spacial score (nSPS) is 16.2. The van der Waals surface area contributed by atoms with E-state index in [1.54, 1.807) is 0 Å². The summed E-state index contributed by atoms with van der Waals surface area (Å²) in [6.07, 6.45) is -0.0115. The monoisotopic (exact) mass is 463 g/mol. The number of carbonyl (C=O) groups excluding carboxylic acids is 3. The van der Waals surface area contributed by atoms with Gasteiger partial charge in [-0.1, -0.05) is 61.0 Å². The molecule has 0 aliphatic carbocycles. The molecule has 1 aromatic rings. The molecule has 0 bridgehead atoms. The summed E-state index contributed by atoms with van der Waals surface area (Å²) in [4.78, 5) is 37.5. The fourth-order valence-electron chi connectivity index (χ4n) is 2.70. The van der Waals surface area contributed by atoms with Crippen LogP contribution in [0.3, 0.4) is 0 Å². The van der Waals surface area contributed by atoms with Crippen molar-refractivity contribution in [3.8, 4) is 0 Å². The molecule has 0 radical (unpaired) electrons. The van der Waals surface area contributed by atoms with Gasteiger partial charge in [0.1, 0.15) is 6.61 Å². The minimum atomic E-state index is -0.584. The van der Waals surface area contributed by atoms with Crippen molar-refractivity contribution in [3.05, 3.63) is 35.9 Å². The first kappa shape index (κ1) is 28.7. The number of carbonyl (C=O) groups is 3. The Morgan fingerprint density at radius 1 is 1.28 bits per heavy atom. The van der Waals surface area contributed by atoms with Crippen molar-refractivity contribution in [1.29, 1.82) is 0 Å². The third-order valence-electron chi connectivity index (χ3n) is 4.10. The molecule has 29 heavy (non-hydrogen) atoms. The molecule has 0 N–H and O–H groups in total. The zero-order valence-electron chi connectivity index (χ0n) is 17.5. The summed E-state index contributed by atoms with van der Waals surface area (Å²) in [5, 5.41) is 8.98. The number of nitrogens with zero attached hydrogens (tertiary/aromatic N) is 1. The number of imide groups is 1. The third kappa shape index (κ3) is 10.5. The molecule has 2 amide bonds. The predicted molar refractivity (Wildman–Crippen MR) is 112 cm³/mol. The molecular formula is C20H26KNO5S2. The van der Waals surface area contributed by atoms with E-state index in [-0.39, 0.29) is 91.9 Å². The minimum Gasteiger partial charge on any atom is -0.868 e. The molecule has 9 heteroatoms. The fraction of sp³-hybridized carbons (Fsp3) is 0.500. The Balaban J connectivity index is 0.00000143. The van der Waals surface area contributed by atoms with E-state index in [0.717, 1.165) is 17.3 Å². The van der Waals surface area contributed by atoms with Gasteiger partial charge in [-0.25, -0.2) is 9.69 Å². The van der Waals surface area contributed by atoms with Gasteiger partial charge >= 0.3 is 57.5 Å². The zero-order chi connectivity index (χ0) is 21.3. The van der Waals surface area contributed by atoms with E-state index in [1.165, 1.54) is 18.7 Å². The summed E-state index contributed by atoms with van der Waals surface area (Å²) >= 11 is 5.10. The SMILES string of the molecule is CC(=O)SC[C@@H](C(=O)N1C(=O)OC[C@H]1Cc1ccccc1)C(C)C.CC([O-])=S.[K+]. The van der Waals surface area contributed by atoms with E-state index < -0.39 is 6.09 Å².